The molecule has 0 aliphatic carbocycles. The molecule has 0 saturated carbocycles. The van der Waals surface area contributed by atoms with E-state index in [9.17, 15) is 9.59 Å². The van der Waals surface area contributed by atoms with Gasteiger partial charge in [-0.1, -0.05) is 0 Å². The Morgan fingerprint density at radius 3 is 3.12 bits per heavy atom. The van der Waals surface area contributed by atoms with Gasteiger partial charge in [-0.25, -0.2) is 9.50 Å². The highest BCUT2D eigenvalue weighted by Gasteiger charge is 2.30. The molecule has 0 spiro atoms. The average molecular weight is 342 g/mol. The minimum absolute atomic E-state index is 0.00259. The van der Waals surface area contributed by atoms with Gasteiger partial charge in [0, 0.05) is 30.1 Å². The van der Waals surface area contributed by atoms with Gasteiger partial charge < -0.3 is 4.90 Å². The number of carbonyl (C=O) groups is 1. The van der Waals surface area contributed by atoms with Gasteiger partial charge in [-0.2, -0.15) is 11.3 Å². The van der Waals surface area contributed by atoms with Gasteiger partial charge in [0.2, 0.25) is 5.91 Å². The zero-order valence-electron chi connectivity index (χ0n) is 13.4. The van der Waals surface area contributed by atoms with Crippen LogP contribution in [0.15, 0.2) is 33.9 Å². The molecule has 0 aromatic carbocycles. The first-order chi connectivity index (χ1) is 11.6. The summed E-state index contributed by atoms with van der Waals surface area (Å²) in [5.74, 6) is -0.00259. The molecular formula is C17H18N4O2S. The molecule has 1 aliphatic heterocycles. The maximum absolute atomic E-state index is 12.8. The second-order valence-corrected chi connectivity index (χ2v) is 6.90. The van der Waals surface area contributed by atoms with E-state index in [0.717, 1.165) is 19.4 Å². The van der Waals surface area contributed by atoms with Gasteiger partial charge in [-0.05, 0) is 42.2 Å². The largest absolute Gasteiger partial charge is 0.335 e. The lowest BCUT2D eigenvalue weighted by Crippen LogP contribution is -2.34. The van der Waals surface area contributed by atoms with Crippen molar-refractivity contribution in [3.8, 4) is 0 Å². The number of hydrogen-bond acceptors (Lipinski definition) is 4. The van der Waals surface area contributed by atoms with E-state index in [2.05, 4.69) is 21.5 Å². The number of carbonyl (C=O) groups excluding carboxylic acids is 1. The lowest BCUT2D eigenvalue weighted by atomic mass is 10.1. The Bertz CT molecular complexity index is 941. The fraction of sp³-hybridized carbons (Fsp3) is 0.353. The highest BCUT2D eigenvalue weighted by atomic mass is 32.1. The van der Waals surface area contributed by atoms with Gasteiger partial charge in [0.1, 0.15) is 0 Å². The Kier molecular flexibility index (Phi) is 3.72. The lowest BCUT2D eigenvalue weighted by molar-refractivity contribution is -0.131. The number of nitrogens with zero attached hydrogens (tertiary/aromatic N) is 3. The summed E-state index contributed by atoms with van der Waals surface area (Å²) < 4.78 is 1.38. The van der Waals surface area contributed by atoms with Gasteiger partial charge in [0.25, 0.3) is 5.56 Å². The summed E-state index contributed by atoms with van der Waals surface area (Å²) in [6, 6.07) is 3.95. The van der Waals surface area contributed by atoms with Crippen LogP contribution in [0.2, 0.25) is 0 Å². The molecule has 1 saturated heterocycles. The van der Waals surface area contributed by atoms with E-state index in [1.54, 1.807) is 30.5 Å². The number of rotatable bonds is 3. The van der Waals surface area contributed by atoms with E-state index < -0.39 is 0 Å². The SMILES string of the molecule is Cc1nc2cc[nH]n2c(=O)c1CC(=O)N1CCCC1c1ccsc1. The number of thiophene rings is 1. The Labute approximate surface area is 142 Å². The first kappa shape index (κ1) is 15.1. The Hall–Kier alpha value is -2.41. The number of likely N-dealkylation sites (tertiary alicyclic amines) is 1. The quantitative estimate of drug-likeness (QED) is 0.794. The first-order valence-corrected chi connectivity index (χ1v) is 8.96. The van der Waals surface area contributed by atoms with Crippen LogP contribution in [0.25, 0.3) is 5.65 Å². The van der Waals surface area contributed by atoms with Crippen LogP contribution in [0.5, 0.6) is 0 Å². The summed E-state index contributed by atoms with van der Waals surface area (Å²) in [6.45, 7) is 2.54. The third-order valence-electron chi connectivity index (χ3n) is 4.67. The molecule has 1 N–H and O–H groups in total. The van der Waals surface area contributed by atoms with Crippen molar-refractivity contribution in [2.45, 2.75) is 32.2 Å². The number of fused-ring (bicyclic) bond motifs is 1. The molecule has 1 fully saturated rings. The van der Waals surface area contributed by atoms with E-state index in [0.29, 0.717) is 16.9 Å². The van der Waals surface area contributed by atoms with Crippen molar-refractivity contribution >= 4 is 22.9 Å². The fourth-order valence-electron chi connectivity index (χ4n) is 3.44. The van der Waals surface area contributed by atoms with Crippen LogP contribution in [0.4, 0.5) is 0 Å². The highest BCUT2D eigenvalue weighted by molar-refractivity contribution is 7.07. The summed E-state index contributed by atoms with van der Waals surface area (Å²) in [4.78, 5) is 31.8. The molecule has 1 unspecified atom stereocenters. The van der Waals surface area contributed by atoms with E-state index in [-0.39, 0.29) is 23.9 Å². The predicted molar refractivity (Wildman–Crippen MR) is 92.3 cm³/mol. The third kappa shape index (κ3) is 2.45. The van der Waals surface area contributed by atoms with Gasteiger partial charge in [0.05, 0.1) is 12.5 Å². The van der Waals surface area contributed by atoms with Gasteiger partial charge >= 0.3 is 0 Å². The standard InChI is InChI=1S/C17H18N4O2S/c1-11-13(17(23)21-15(19-11)4-6-18-21)9-16(22)20-7-2-3-14(20)12-5-8-24-10-12/h4-6,8,10,14,18H,2-3,7,9H2,1H3. The Balaban J connectivity index is 1.63. The molecule has 3 aromatic heterocycles. The molecule has 24 heavy (non-hydrogen) atoms. The van der Waals surface area contributed by atoms with E-state index in [4.69, 9.17) is 0 Å². The van der Waals surface area contributed by atoms with Crippen molar-refractivity contribution < 1.29 is 4.79 Å². The topological polar surface area (TPSA) is 70.5 Å². The number of aryl methyl sites for hydroxylation is 1. The normalized spacial score (nSPS) is 17.7. The molecule has 3 aromatic rings. The summed E-state index contributed by atoms with van der Waals surface area (Å²) in [6.07, 6.45) is 3.74. The molecule has 0 radical (unpaired) electrons. The van der Waals surface area contributed by atoms with Crippen molar-refractivity contribution in [1.29, 1.82) is 0 Å². The Morgan fingerprint density at radius 2 is 2.33 bits per heavy atom. The monoisotopic (exact) mass is 342 g/mol. The molecular weight excluding hydrogens is 324 g/mol. The zero-order chi connectivity index (χ0) is 16.7. The van der Waals surface area contributed by atoms with Crippen molar-refractivity contribution in [2.24, 2.45) is 0 Å². The first-order valence-electron chi connectivity index (χ1n) is 8.02. The van der Waals surface area contributed by atoms with Crippen LogP contribution in [-0.2, 0) is 11.2 Å². The average Bonchev–Trinajstić information content (AvgIpc) is 3.30. The minimum Gasteiger partial charge on any atom is -0.335 e. The number of amides is 1. The number of aromatic amines is 1. The van der Waals surface area contributed by atoms with Crippen molar-refractivity contribution in [1.82, 2.24) is 19.5 Å². The minimum atomic E-state index is -0.192. The molecule has 7 heteroatoms. The summed E-state index contributed by atoms with van der Waals surface area (Å²) >= 11 is 1.65. The van der Waals surface area contributed by atoms with E-state index in [1.165, 1.54) is 10.1 Å². The summed E-state index contributed by atoms with van der Waals surface area (Å²) in [5, 5.41) is 6.99. The fourth-order valence-corrected chi connectivity index (χ4v) is 4.15. The van der Waals surface area contributed by atoms with Crippen LogP contribution in [0, 0.1) is 6.92 Å². The third-order valence-corrected chi connectivity index (χ3v) is 5.38. The second-order valence-electron chi connectivity index (χ2n) is 6.12. The molecule has 0 bridgehead atoms. The van der Waals surface area contributed by atoms with E-state index >= 15 is 0 Å². The molecule has 4 heterocycles. The van der Waals surface area contributed by atoms with Gasteiger partial charge in [-0.15, -0.1) is 0 Å². The predicted octanol–water partition coefficient (Wildman–Crippen LogP) is 2.30. The van der Waals surface area contributed by atoms with E-state index in [1.807, 2.05) is 10.3 Å². The Morgan fingerprint density at radius 1 is 1.46 bits per heavy atom. The van der Waals surface area contributed by atoms with Gasteiger partial charge in [-0.3, -0.25) is 14.7 Å². The van der Waals surface area contributed by atoms with Crippen molar-refractivity contribution in [3.05, 3.63) is 56.3 Å². The maximum Gasteiger partial charge on any atom is 0.276 e. The van der Waals surface area contributed by atoms with Crippen LogP contribution in [0.1, 0.15) is 35.7 Å². The summed E-state index contributed by atoms with van der Waals surface area (Å²) in [7, 11) is 0. The van der Waals surface area contributed by atoms with Gasteiger partial charge in [0.15, 0.2) is 5.65 Å². The number of nitrogens with one attached hydrogen (secondary N) is 1. The van der Waals surface area contributed by atoms with Crippen LogP contribution in [0.3, 0.4) is 0 Å². The molecule has 6 nitrogen and oxygen atoms in total. The molecule has 124 valence electrons. The van der Waals surface area contributed by atoms with Crippen molar-refractivity contribution in [3.63, 3.8) is 0 Å². The molecule has 1 aliphatic rings. The van der Waals surface area contributed by atoms with Crippen LogP contribution < -0.4 is 5.56 Å². The molecule has 4 rings (SSSR count). The zero-order valence-corrected chi connectivity index (χ0v) is 14.2. The number of hydrogen-bond donors (Lipinski definition) is 1. The number of aromatic nitrogens is 3. The lowest BCUT2D eigenvalue weighted by Gasteiger charge is -2.24. The highest BCUT2D eigenvalue weighted by Crippen LogP contribution is 2.33. The molecule has 1 amide bonds. The maximum atomic E-state index is 12.8. The van der Waals surface area contributed by atoms with Crippen molar-refractivity contribution in [2.75, 3.05) is 6.54 Å². The number of H-pyrrole nitrogens is 1. The smallest absolute Gasteiger partial charge is 0.276 e. The van der Waals surface area contributed by atoms with Crippen LogP contribution >= 0.6 is 11.3 Å². The van der Waals surface area contributed by atoms with Crippen LogP contribution in [-0.4, -0.2) is 31.9 Å². The summed E-state index contributed by atoms with van der Waals surface area (Å²) in [5.41, 5.74) is 2.67. The molecule has 1 atom stereocenters. The second kappa shape index (κ2) is 5.90.